The van der Waals surface area contributed by atoms with Gasteiger partial charge in [-0.1, -0.05) is 15.9 Å². The molecule has 2 aromatic carbocycles. The van der Waals surface area contributed by atoms with Gasteiger partial charge in [-0.05, 0) is 35.9 Å². The average molecular weight is 465 g/mol. The number of Topliss-reactive ketones (excluding diaryl/α,β-unsaturated/α-hetero) is 1. The highest BCUT2D eigenvalue weighted by molar-refractivity contribution is 9.10. The number of carbonyl (C=O) groups is 2. The minimum atomic E-state index is -0.527. The van der Waals surface area contributed by atoms with Crippen LogP contribution in [-0.4, -0.2) is 45.8 Å². The zero-order chi connectivity index (χ0) is 20.8. The van der Waals surface area contributed by atoms with Gasteiger partial charge in [0.05, 0.1) is 33.9 Å². The van der Waals surface area contributed by atoms with Gasteiger partial charge in [0.25, 0.3) is 0 Å². The van der Waals surface area contributed by atoms with Crippen LogP contribution in [0.2, 0.25) is 0 Å². The van der Waals surface area contributed by atoms with Crippen LogP contribution in [0.4, 0.5) is 0 Å². The number of hydrogen-bond acceptors (Lipinski definition) is 7. The van der Waals surface area contributed by atoms with Crippen LogP contribution in [0.25, 0.3) is 0 Å². The Morgan fingerprint density at radius 1 is 1.00 bits per heavy atom. The second-order valence-electron chi connectivity index (χ2n) is 6.27. The number of halogens is 1. The highest BCUT2D eigenvalue weighted by atomic mass is 79.9. The molecule has 0 aromatic heterocycles. The summed E-state index contributed by atoms with van der Waals surface area (Å²) in [6.07, 6.45) is 0.761. The van der Waals surface area contributed by atoms with E-state index < -0.39 is 5.97 Å². The van der Waals surface area contributed by atoms with Crippen LogP contribution in [0, 0.1) is 0 Å². The van der Waals surface area contributed by atoms with Crippen molar-refractivity contribution in [2.24, 2.45) is 0 Å². The van der Waals surface area contributed by atoms with Crippen molar-refractivity contribution >= 4 is 27.7 Å². The van der Waals surface area contributed by atoms with Crippen LogP contribution in [-0.2, 0) is 16.0 Å². The Hall–Kier alpha value is -2.74. The van der Waals surface area contributed by atoms with Crippen molar-refractivity contribution in [3.8, 4) is 23.0 Å². The maximum Gasteiger partial charge on any atom is 0.310 e. The smallest absolute Gasteiger partial charge is 0.310 e. The van der Waals surface area contributed by atoms with Crippen LogP contribution in [0.15, 0.2) is 34.8 Å². The largest absolute Gasteiger partial charge is 0.493 e. The molecule has 0 bridgehead atoms. The molecule has 1 heterocycles. The van der Waals surface area contributed by atoms with Gasteiger partial charge in [0.15, 0.2) is 35.4 Å². The molecule has 0 N–H and O–H groups in total. The first-order valence-corrected chi connectivity index (χ1v) is 9.80. The van der Waals surface area contributed by atoms with E-state index in [0.29, 0.717) is 51.8 Å². The monoisotopic (exact) mass is 464 g/mol. The van der Waals surface area contributed by atoms with Crippen molar-refractivity contribution in [3.63, 3.8) is 0 Å². The van der Waals surface area contributed by atoms with Crippen LogP contribution in [0.3, 0.4) is 0 Å². The Morgan fingerprint density at radius 3 is 2.41 bits per heavy atom. The highest BCUT2D eigenvalue weighted by Crippen LogP contribution is 2.34. The Morgan fingerprint density at radius 2 is 1.69 bits per heavy atom. The normalized spacial score (nSPS) is 12.7. The number of carbonyl (C=O) groups excluding carboxylic acids is 2. The molecule has 0 atom stereocenters. The number of methoxy groups -OCH3 is 2. The number of ether oxygens (including phenoxy) is 5. The topological polar surface area (TPSA) is 80.3 Å². The lowest BCUT2D eigenvalue weighted by Crippen LogP contribution is -2.16. The molecule has 7 nitrogen and oxygen atoms in total. The van der Waals surface area contributed by atoms with Gasteiger partial charge in [-0.15, -0.1) is 0 Å². The van der Waals surface area contributed by atoms with E-state index in [4.69, 9.17) is 23.7 Å². The minimum Gasteiger partial charge on any atom is -0.493 e. The van der Waals surface area contributed by atoms with Gasteiger partial charge in [-0.3, -0.25) is 9.59 Å². The first kappa shape index (κ1) is 21.0. The van der Waals surface area contributed by atoms with Gasteiger partial charge < -0.3 is 23.7 Å². The van der Waals surface area contributed by atoms with Crippen molar-refractivity contribution < 1.29 is 33.3 Å². The fraction of sp³-hybridized carbons (Fsp3) is 0.333. The van der Waals surface area contributed by atoms with E-state index in [2.05, 4.69) is 15.9 Å². The lowest BCUT2D eigenvalue weighted by molar-refractivity contribution is -0.141. The summed E-state index contributed by atoms with van der Waals surface area (Å²) in [6.45, 7) is 0.743. The van der Waals surface area contributed by atoms with Crippen LogP contribution in [0.1, 0.15) is 22.3 Å². The molecular formula is C21H21BrO7. The van der Waals surface area contributed by atoms with Crippen molar-refractivity contribution in [1.82, 2.24) is 0 Å². The standard InChI is InChI=1S/C21H21BrO7/c1-25-18-9-14(15(22)11-19(18)26-2)10-21(24)29-12-16(23)13-4-5-17-20(8-13)28-7-3-6-27-17/h4-5,8-9,11H,3,6-7,10,12H2,1-2H3. The van der Waals surface area contributed by atoms with Crippen LogP contribution >= 0.6 is 15.9 Å². The summed E-state index contributed by atoms with van der Waals surface area (Å²) in [7, 11) is 3.05. The predicted octanol–water partition coefficient (Wildman–Crippen LogP) is 3.60. The van der Waals surface area contributed by atoms with E-state index in [1.807, 2.05) is 0 Å². The first-order chi connectivity index (χ1) is 14.0. The lowest BCUT2D eigenvalue weighted by Gasteiger charge is -2.12. The number of fused-ring (bicyclic) bond motifs is 1. The van der Waals surface area contributed by atoms with E-state index in [1.165, 1.54) is 14.2 Å². The third-order valence-corrected chi connectivity index (χ3v) is 5.06. The number of esters is 1. The Labute approximate surface area is 177 Å². The van der Waals surface area contributed by atoms with E-state index in [9.17, 15) is 9.59 Å². The third kappa shape index (κ3) is 5.20. The van der Waals surface area contributed by atoms with Crippen LogP contribution < -0.4 is 18.9 Å². The molecule has 154 valence electrons. The number of benzene rings is 2. The van der Waals surface area contributed by atoms with Crippen LogP contribution in [0.5, 0.6) is 23.0 Å². The van der Waals surface area contributed by atoms with Gasteiger partial charge >= 0.3 is 5.97 Å². The lowest BCUT2D eigenvalue weighted by atomic mass is 10.1. The van der Waals surface area contributed by atoms with Crippen molar-refractivity contribution in [1.29, 1.82) is 0 Å². The fourth-order valence-electron chi connectivity index (χ4n) is 2.80. The molecule has 2 aromatic rings. The molecule has 29 heavy (non-hydrogen) atoms. The molecule has 8 heteroatoms. The van der Waals surface area contributed by atoms with Gasteiger partial charge in [0.1, 0.15) is 0 Å². The number of rotatable bonds is 7. The molecule has 0 spiro atoms. The Kier molecular flexibility index (Phi) is 6.98. The number of ketones is 1. The van der Waals surface area contributed by atoms with E-state index in [1.54, 1.807) is 30.3 Å². The van der Waals surface area contributed by atoms with Crippen molar-refractivity contribution in [2.45, 2.75) is 12.8 Å². The van der Waals surface area contributed by atoms with Gasteiger partial charge in [-0.2, -0.15) is 0 Å². The molecule has 0 fully saturated rings. The van der Waals surface area contributed by atoms with E-state index in [0.717, 1.165) is 6.42 Å². The second-order valence-corrected chi connectivity index (χ2v) is 7.13. The summed E-state index contributed by atoms with van der Waals surface area (Å²) < 4.78 is 27.4. The minimum absolute atomic E-state index is 0.0185. The molecule has 3 rings (SSSR count). The molecule has 0 radical (unpaired) electrons. The van der Waals surface area contributed by atoms with Gasteiger partial charge in [0.2, 0.25) is 0 Å². The maximum absolute atomic E-state index is 12.4. The zero-order valence-electron chi connectivity index (χ0n) is 16.2. The summed E-state index contributed by atoms with van der Waals surface area (Å²) in [5, 5.41) is 0. The van der Waals surface area contributed by atoms with Gasteiger partial charge in [0, 0.05) is 16.5 Å². The van der Waals surface area contributed by atoms with Gasteiger partial charge in [-0.25, -0.2) is 0 Å². The summed E-state index contributed by atoms with van der Waals surface area (Å²) in [6, 6.07) is 8.34. The van der Waals surface area contributed by atoms with Crippen molar-refractivity contribution in [2.75, 3.05) is 34.0 Å². The molecule has 0 amide bonds. The third-order valence-electron chi connectivity index (χ3n) is 4.32. The first-order valence-electron chi connectivity index (χ1n) is 9.00. The van der Waals surface area contributed by atoms with Crippen molar-refractivity contribution in [3.05, 3.63) is 45.9 Å². The number of hydrogen-bond donors (Lipinski definition) is 0. The predicted molar refractivity (Wildman–Crippen MR) is 108 cm³/mol. The molecular weight excluding hydrogens is 444 g/mol. The molecule has 1 aliphatic rings. The Bertz CT molecular complexity index is 910. The average Bonchev–Trinajstić information content (AvgIpc) is 2.97. The summed E-state index contributed by atoms with van der Waals surface area (Å²) in [4.78, 5) is 24.6. The second kappa shape index (κ2) is 9.65. The highest BCUT2D eigenvalue weighted by Gasteiger charge is 2.17. The quantitative estimate of drug-likeness (QED) is 0.457. The SMILES string of the molecule is COc1cc(Br)c(CC(=O)OCC(=O)c2ccc3c(c2)OCCCO3)cc1OC. The molecule has 0 saturated heterocycles. The summed E-state index contributed by atoms with van der Waals surface area (Å²) in [5.41, 5.74) is 1.06. The molecule has 0 aliphatic carbocycles. The molecule has 1 aliphatic heterocycles. The van der Waals surface area contributed by atoms with E-state index in [-0.39, 0.29) is 18.8 Å². The fourth-order valence-corrected chi connectivity index (χ4v) is 3.27. The Balaban J connectivity index is 1.61. The van der Waals surface area contributed by atoms with E-state index >= 15 is 0 Å². The maximum atomic E-state index is 12.4. The zero-order valence-corrected chi connectivity index (χ0v) is 17.7. The summed E-state index contributed by atoms with van der Waals surface area (Å²) >= 11 is 3.40. The molecule has 0 unspecified atom stereocenters. The summed E-state index contributed by atoms with van der Waals surface area (Å²) in [5.74, 6) is 1.33. The molecule has 0 saturated carbocycles.